The lowest BCUT2D eigenvalue weighted by molar-refractivity contribution is 0.0746. The molecule has 1 amide bonds. The molecule has 0 unspecified atom stereocenters. The summed E-state index contributed by atoms with van der Waals surface area (Å²) in [5.41, 5.74) is 0.914. The maximum atomic E-state index is 13.4. The van der Waals surface area contributed by atoms with Crippen LogP contribution in [0.25, 0.3) is 11.1 Å². The van der Waals surface area contributed by atoms with Crippen molar-refractivity contribution in [3.8, 4) is 0 Å². The maximum Gasteiger partial charge on any atom is 0.310 e. The Morgan fingerprint density at radius 2 is 1.97 bits per heavy atom. The molecule has 3 aromatic heterocycles. The summed E-state index contributed by atoms with van der Waals surface area (Å²) in [6, 6.07) is 1.67. The molecule has 0 radical (unpaired) electrons. The van der Waals surface area contributed by atoms with E-state index in [9.17, 15) is 9.18 Å². The Balaban J connectivity index is 1.39. The molecule has 1 aliphatic carbocycles. The number of piperazine rings is 1. The van der Waals surface area contributed by atoms with Gasteiger partial charge in [-0.25, -0.2) is 15.0 Å². The minimum atomic E-state index is -0.754. The molecule has 3 aromatic rings. The molecular formula is C20H22FN7O2. The predicted molar refractivity (Wildman–Crippen MR) is 108 cm³/mol. The summed E-state index contributed by atoms with van der Waals surface area (Å²) in [6.45, 7) is 5.99. The van der Waals surface area contributed by atoms with E-state index in [0.717, 1.165) is 12.8 Å². The molecule has 5 rings (SSSR count). The van der Waals surface area contributed by atoms with E-state index in [4.69, 9.17) is 4.42 Å². The third kappa shape index (κ3) is 3.31. The van der Waals surface area contributed by atoms with Crippen LogP contribution in [0.1, 0.15) is 35.9 Å². The van der Waals surface area contributed by atoms with Crippen molar-refractivity contribution in [3.05, 3.63) is 36.0 Å². The molecule has 0 spiro atoms. The molecule has 9 nitrogen and oxygen atoms in total. The molecule has 1 saturated heterocycles. The van der Waals surface area contributed by atoms with Crippen LogP contribution in [0, 0.1) is 13.0 Å². The highest BCUT2D eigenvalue weighted by Gasteiger charge is 2.39. The van der Waals surface area contributed by atoms with Gasteiger partial charge in [-0.1, -0.05) is 0 Å². The summed E-state index contributed by atoms with van der Waals surface area (Å²) in [4.78, 5) is 33.0. The number of rotatable bonds is 4. The van der Waals surface area contributed by atoms with Gasteiger partial charge in [0.1, 0.15) is 23.7 Å². The van der Waals surface area contributed by atoms with Crippen molar-refractivity contribution in [1.29, 1.82) is 0 Å². The number of nitrogens with one attached hydrogen (secondary N) is 1. The zero-order chi connectivity index (χ0) is 20.9. The predicted octanol–water partition coefficient (Wildman–Crippen LogP) is 2.39. The van der Waals surface area contributed by atoms with Gasteiger partial charge in [0.25, 0.3) is 5.91 Å². The van der Waals surface area contributed by atoms with Crippen LogP contribution in [0.2, 0.25) is 0 Å². The average Bonchev–Trinajstić information content (AvgIpc) is 3.36. The fraction of sp³-hybridized carbons (Fsp3) is 0.450. The van der Waals surface area contributed by atoms with E-state index in [0.29, 0.717) is 60.2 Å². The lowest BCUT2D eigenvalue weighted by atomic mass is 10.1. The number of furan rings is 1. The number of carbonyl (C=O) groups is 1. The largest absolute Gasteiger partial charge is 0.442 e. The smallest absolute Gasteiger partial charge is 0.310 e. The van der Waals surface area contributed by atoms with Crippen LogP contribution in [0.4, 0.5) is 16.0 Å². The number of aryl methyl sites for hydroxylation is 1. The number of nitrogens with zero attached hydrogens (tertiary/aromatic N) is 6. The standard InChI is InChI=1S/C20H22FN7O2/c1-12-14(15-16(26-20(2)4-5-20)23-11-24-17(15)30-12)18(29)28-9-7-27(8-10-28)13-3-6-22-19(21)25-13/h3,6,11H,4-5,7-10H2,1-2H3,(H,23,24,26). The zero-order valence-electron chi connectivity index (χ0n) is 16.9. The van der Waals surface area contributed by atoms with Gasteiger partial charge in [-0.05, 0) is 32.8 Å². The van der Waals surface area contributed by atoms with Crippen LogP contribution in [-0.4, -0.2) is 62.5 Å². The molecule has 10 heteroatoms. The molecule has 1 aliphatic heterocycles. The lowest BCUT2D eigenvalue weighted by Gasteiger charge is -2.35. The molecule has 0 aromatic carbocycles. The number of anilines is 2. The topological polar surface area (TPSA) is 100 Å². The summed E-state index contributed by atoms with van der Waals surface area (Å²) in [6.07, 6.45) is 4.21. The van der Waals surface area contributed by atoms with E-state index in [-0.39, 0.29) is 11.4 Å². The number of fused-ring (bicyclic) bond motifs is 1. The third-order valence-electron chi connectivity index (χ3n) is 5.80. The monoisotopic (exact) mass is 411 g/mol. The second kappa shape index (κ2) is 6.89. The molecule has 1 saturated carbocycles. The number of halogens is 1. The van der Waals surface area contributed by atoms with Crippen LogP contribution in [0.15, 0.2) is 23.0 Å². The van der Waals surface area contributed by atoms with E-state index >= 15 is 0 Å². The fourth-order valence-corrected chi connectivity index (χ4v) is 3.79. The summed E-state index contributed by atoms with van der Waals surface area (Å²) in [5.74, 6) is 1.57. The Labute approximate surface area is 172 Å². The molecule has 0 atom stereocenters. The number of aromatic nitrogens is 4. The minimum absolute atomic E-state index is 0.00517. The van der Waals surface area contributed by atoms with Gasteiger partial charge in [0.05, 0.1) is 10.9 Å². The van der Waals surface area contributed by atoms with Gasteiger partial charge < -0.3 is 19.5 Å². The number of carbonyl (C=O) groups excluding carboxylic acids is 1. The van der Waals surface area contributed by atoms with E-state index < -0.39 is 6.08 Å². The minimum Gasteiger partial charge on any atom is -0.442 e. The first-order valence-electron chi connectivity index (χ1n) is 9.99. The number of amides is 1. The van der Waals surface area contributed by atoms with Crippen molar-refractivity contribution in [3.63, 3.8) is 0 Å². The molecule has 156 valence electrons. The SMILES string of the molecule is Cc1oc2ncnc(NC3(C)CC3)c2c1C(=O)N1CCN(c2ccnc(F)n2)CC1. The van der Waals surface area contributed by atoms with Gasteiger partial charge in [0.15, 0.2) is 0 Å². The third-order valence-corrected chi connectivity index (χ3v) is 5.80. The van der Waals surface area contributed by atoms with Crippen molar-refractivity contribution in [1.82, 2.24) is 24.8 Å². The summed E-state index contributed by atoms with van der Waals surface area (Å²) in [5, 5.41) is 4.07. The zero-order valence-corrected chi connectivity index (χ0v) is 16.9. The first-order valence-corrected chi connectivity index (χ1v) is 9.99. The molecule has 2 fully saturated rings. The molecule has 2 aliphatic rings. The van der Waals surface area contributed by atoms with E-state index in [2.05, 4.69) is 32.2 Å². The molecule has 1 N–H and O–H groups in total. The average molecular weight is 411 g/mol. The first kappa shape index (κ1) is 18.7. The highest BCUT2D eigenvalue weighted by molar-refractivity contribution is 6.10. The Bertz CT molecular complexity index is 1120. The molecule has 0 bridgehead atoms. The normalized spacial score (nSPS) is 18.0. The van der Waals surface area contributed by atoms with Gasteiger partial charge in [-0.2, -0.15) is 9.37 Å². The van der Waals surface area contributed by atoms with Crippen molar-refractivity contribution in [2.45, 2.75) is 32.2 Å². The fourth-order valence-electron chi connectivity index (χ4n) is 3.79. The summed E-state index contributed by atoms with van der Waals surface area (Å²) in [7, 11) is 0. The number of hydrogen-bond donors (Lipinski definition) is 1. The quantitative estimate of drug-likeness (QED) is 0.653. The van der Waals surface area contributed by atoms with Gasteiger partial charge in [-0.15, -0.1) is 0 Å². The van der Waals surface area contributed by atoms with Crippen LogP contribution < -0.4 is 10.2 Å². The van der Waals surface area contributed by atoms with Gasteiger partial charge in [-0.3, -0.25) is 4.79 Å². The van der Waals surface area contributed by atoms with Crippen molar-refractivity contribution >= 4 is 28.6 Å². The Kier molecular flexibility index (Phi) is 4.30. The van der Waals surface area contributed by atoms with Gasteiger partial charge in [0.2, 0.25) is 5.71 Å². The van der Waals surface area contributed by atoms with Gasteiger partial charge in [0, 0.05) is 37.9 Å². The molecule has 30 heavy (non-hydrogen) atoms. The second-order valence-corrected chi connectivity index (χ2v) is 8.08. The lowest BCUT2D eigenvalue weighted by Crippen LogP contribution is -2.49. The van der Waals surface area contributed by atoms with Crippen LogP contribution in [0.3, 0.4) is 0 Å². The maximum absolute atomic E-state index is 13.4. The Morgan fingerprint density at radius 1 is 1.20 bits per heavy atom. The highest BCUT2D eigenvalue weighted by Crippen LogP contribution is 2.40. The van der Waals surface area contributed by atoms with E-state index in [1.54, 1.807) is 17.9 Å². The van der Waals surface area contributed by atoms with Crippen molar-refractivity contribution < 1.29 is 13.6 Å². The van der Waals surface area contributed by atoms with E-state index in [1.807, 2.05) is 4.90 Å². The molecular weight excluding hydrogens is 389 g/mol. The van der Waals surface area contributed by atoms with E-state index in [1.165, 1.54) is 12.5 Å². The van der Waals surface area contributed by atoms with Crippen LogP contribution in [-0.2, 0) is 0 Å². The summed E-state index contributed by atoms with van der Waals surface area (Å²) < 4.78 is 19.1. The highest BCUT2D eigenvalue weighted by atomic mass is 19.1. The number of hydrogen-bond acceptors (Lipinski definition) is 8. The first-order chi connectivity index (χ1) is 14.4. The van der Waals surface area contributed by atoms with Crippen molar-refractivity contribution in [2.24, 2.45) is 0 Å². The molecule has 4 heterocycles. The second-order valence-electron chi connectivity index (χ2n) is 8.08. The Morgan fingerprint density at radius 3 is 2.67 bits per heavy atom. The van der Waals surface area contributed by atoms with Crippen LogP contribution in [0.5, 0.6) is 0 Å². The van der Waals surface area contributed by atoms with Crippen LogP contribution >= 0.6 is 0 Å². The Hall–Kier alpha value is -3.30. The van der Waals surface area contributed by atoms with Crippen molar-refractivity contribution in [2.75, 3.05) is 36.4 Å². The summed E-state index contributed by atoms with van der Waals surface area (Å²) >= 11 is 0. The van der Waals surface area contributed by atoms with Gasteiger partial charge >= 0.3 is 6.08 Å².